The number of rotatable bonds is 5. The van der Waals surface area contributed by atoms with Crippen LogP contribution in [-0.2, 0) is 5.41 Å². The molecule has 0 unspecified atom stereocenters. The number of urea groups is 1. The molecule has 6 nitrogen and oxygen atoms in total. The number of ether oxygens (including phenoxy) is 1. The molecule has 0 spiro atoms. The van der Waals surface area contributed by atoms with Crippen molar-refractivity contribution in [1.82, 2.24) is 15.2 Å². The maximum atomic E-state index is 12.3. The summed E-state index contributed by atoms with van der Waals surface area (Å²) in [7, 11) is 0. The molecule has 2 heterocycles. The Balaban J connectivity index is 1.36. The molecule has 0 aliphatic carbocycles. The van der Waals surface area contributed by atoms with E-state index in [9.17, 15) is 4.79 Å². The molecule has 0 atom stereocenters. The number of benzene rings is 1. The molecule has 2 aromatic rings. The summed E-state index contributed by atoms with van der Waals surface area (Å²) >= 11 is 0. The average molecular weight is 383 g/mol. The van der Waals surface area contributed by atoms with Crippen LogP contribution < -0.4 is 15.0 Å². The highest BCUT2D eigenvalue weighted by Crippen LogP contribution is 2.24. The SMILES string of the molecule is CC(C)(C)c1ccc(OCCNC(=O)N2CCN(c3ccccn3)CC2)cc1. The van der Waals surface area contributed by atoms with Crippen LogP contribution in [0, 0.1) is 0 Å². The molecule has 1 aromatic heterocycles. The lowest BCUT2D eigenvalue weighted by Gasteiger charge is -2.35. The fourth-order valence-corrected chi connectivity index (χ4v) is 3.17. The van der Waals surface area contributed by atoms with Crippen molar-refractivity contribution in [2.24, 2.45) is 0 Å². The molecule has 0 bridgehead atoms. The van der Waals surface area contributed by atoms with Gasteiger partial charge in [0, 0.05) is 32.4 Å². The summed E-state index contributed by atoms with van der Waals surface area (Å²) in [5.41, 5.74) is 1.41. The smallest absolute Gasteiger partial charge is 0.317 e. The molecular formula is C22H30N4O2. The number of amides is 2. The molecule has 150 valence electrons. The number of nitrogens with one attached hydrogen (secondary N) is 1. The van der Waals surface area contributed by atoms with Crippen LogP contribution in [0.25, 0.3) is 0 Å². The van der Waals surface area contributed by atoms with Crippen molar-refractivity contribution in [3.63, 3.8) is 0 Å². The second kappa shape index (κ2) is 8.95. The highest BCUT2D eigenvalue weighted by molar-refractivity contribution is 5.74. The fraction of sp³-hybridized carbons (Fsp3) is 0.455. The molecule has 1 aliphatic heterocycles. The number of nitrogens with zero attached hydrogens (tertiary/aromatic N) is 3. The summed E-state index contributed by atoms with van der Waals surface area (Å²) in [6.45, 7) is 10.5. The van der Waals surface area contributed by atoms with Gasteiger partial charge >= 0.3 is 6.03 Å². The van der Waals surface area contributed by atoms with Crippen molar-refractivity contribution < 1.29 is 9.53 Å². The van der Waals surface area contributed by atoms with Gasteiger partial charge in [-0.2, -0.15) is 0 Å². The first-order valence-corrected chi connectivity index (χ1v) is 9.85. The molecule has 0 saturated carbocycles. The first-order valence-electron chi connectivity index (χ1n) is 9.85. The molecule has 28 heavy (non-hydrogen) atoms. The zero-order valence-corrected chi connectivity index (χ0v) is 17.0. The van der Waals surface area contributed by atoms with Crippen LogP contribution in [0.1, 0.15) is 26.3 Å². The number of aromatic nitrogens is 1. The Morgan fingerprint density at radius 3 is 2.39 bits per heavy atom. The Morgan fingerprint density at radius 2 is 1.79 bits per heavy atom. The first kappa shape index (κ1) is 20.0. The molecule has 3 rings (SSSR count). The number of pyridine rings is 1. The second-order valence-corrected chi connectivity index (χ2v) is 8.02. The molecule has 1 N–H and O–H groups in total. The van der Waals surface area contributed by atoms with Crippen molar-refractivity contribution in [1.29, 1.82) is 0 Å². The van der Waals surface area contributed by atoms with Crippen LogP contribution in [0.2, 0.25) is 0 Å². The minimum atomic E-state index is -0.0349. The summed E-state index contributed by atoms with van der Waals surface area (Å²) < 4.78 is 5.74. The highest BCUT2D eigenvalue weighted by atomic mass is 16.5. The quantitative estimate of drug-likeness (QED) is 0.806. The van der Waals surface area contributed by atoms with E-state index in [-0.39, 0.29) is 11.4 Å². The van der Waals surface area contributed by atoms with E-state index in [4.69, 9.17) is 4.74 Å². The van der Waals surface area contributed by atoms with Crippen molar-refractivity contribution in [2.45, 2.75) is 26.2 Å². The van der Waals surface area contributed by atoms with E-state index in [1.165, 1.54) is 5.56 Å². The third-order valence-corrected chi connectivity index (χ3v) is 4.91. The predicted octanol–water partition coefficient (Wildman–Crippen LogP) is 3.29. The lowest BCUT2D eigenvalue weighted by atomic mass is 9.87. The molecule has 0 radical (unpaired) electrons. The Morgan fingerprint density at radius 1 is 1.07 bits per heavy atom. The fourth-order valence-electron chi connectivity index (χ4n) is 3.17. The maximum Gasteiger partial charge on any atom is 0.317 e. The van der Waals surface area contributed by atoms with Gasteiger partial charge in [0.25, 0.3) is 0 Å². The van der Waals surface area contributed by atoms with Gasteiger partial charge in [-0.3, -0.25) is 0 Å². The van der Waals surface area contributed by atoms with Crippen LogP contribution in [0.15, 0.2) is 48.7 Å². The number of piperazine rings is 1. The number of hydrogen-bond donors (Lipinski definition) is 1. The van der Waals surface area contributed by atoms with Crippen LogP contribution in [-0.4, -0.2) is 55.2 Å². The second-order valence-electron chi connectivity index (χ2n) is 8.02. The van der Waals surface area contributed by atoms with Crippen molar-refractivity contribution in [3.05, 3.63) is 54.2 Å². The lowest BCUT2D eigenvalue weighted by Crippen LogP contribution is -2.52. The zero-order chi connectivity index (χ0) is 20.0. The summed E-state index contributed by atoms with van der Waals surface area (Å²) in [6, 6.07) is 14.0. The molecule has 6 heteroatoms. The van der Waals surface area contributed by atoms with Gasteiger partial charge in [0.15, 0.2) is 0 Å². The Hall–Kier alpha value is -2.76. The van der Waals surface area contributed by atoms with Gasteiger partial charge in [-0.1, -0.05) is 39.0 Å². The number of carbonyl (C=O) groups is 1. The maximum absolute atomic E-state index is 12.3. The monoisotopic (exact) mass is 382 g/mol. The Kier molecular flexibility index (Phi) is 6.39. The van der Waals surface area contributed by atoms with Gasteiger partial charge in [0.1, 0.15) is 18.2 Å². The van der Waals surface area contributed by atoms with Crippen LogP contribution >= 0.6 is 0 Å². The van der Waals surface area contributed by atoms with Crippen molar-refractivity contribution in [3.8, 4) is 5.75 Å². The van der Waals surface area contributed by atoms with Gasteiger partial charge < -0.3 is 19.9 Å². The average Bonchev–Trinajstić information content (AvgIpc) is 2.71. The third-order valence-electron chi connectivity index (χ3n) is 4.91. The summed E-state index contributed by atoms with van der Waals surface area (Å²) in [4.78, 5) is 20.8. The van der Waals surface area contributed by atoms with Crippen molar-refractivity contribution >= 4 is 11.8 Å². The molecule has 1 fully saturated rings. The van der Waals surface area contributed by atoms with E-state index in [1.54, 1.807) is 6.20 Å². The van der Waals surface area contributed by atoms with Gasteiger partial charge in [0.2, 0.25) is 0 Å². The summed E-state index contributed by atoms with van der Waals surface area (Å²) in [5, 5.41) is 2.94. The largest absolute Gasteiger partial charge is 0.492 e. The van der Waals surface area contributed by atoms with E-state index in [1.807, 2.05) is 35.2 Å². The Bertz CT molecular complexity index is 748. The molecule has 1 aromatic carbocycles. The molecular weight excluding hydrogens is 352 g/mol. The summed E-state index contributed by atoms with van der Waals surface area (Å²) in [6.07, 6.45) is 1.80. The van der Waals surface area contributed by atoms with E-state index in [0.29, 0.717) is 26.2 Å². The lowest BCUT2D eigenvalue weighted by molar-refractivity contribution is 0.191. The minimum absolute atomic E-state index is 0.0349. The standard InChI is InChI=1S/C22H30N4O2/c1-22(2,3)18-7-9-19(10-8-18)28-17-12-24-21(27)26-15-13-25(14-16-26)20-6-4-5-11-23-20/h4-11H,12-17H2,1-3H3,(H,24,27). The van der Waals surface area contributed by atoms with E-state index in [0.717, 1.165) is 24.7 Å². The zero-order valence-electron chi connectivity index (χ0n) is 17.0. The van der Waals surface area contributed by atoms with Crippen LogP contribution in [0.3, 0.4) is 0 Å². The third kappa shape index (κ3) is 5.38. The van der Waals surface area contributed by atoms with Gasteiger partial charge in [0.05, 0.1) is 6.54 Å². The van der Waals surface area contributed by atoms with Gasteiger partial charge in [-0.25, -0.2) is 9.78 Å². The molecule has 2 amide bonds. The number of hydrogen-bond acceptors (Lipinski definition) is 4. The topological polar surface area (TPSA) is 57.7 Å². The normalized spacial score (nSPS) is 14.7. The van der Waals surface area contributed by atoms with Gasteiger partial charge in [-0.15, -0.1) is 0 Å². The number of anilines is 1. The van der Waals surface area contributed by atoms with Crippen molar-refractivity contribution in [2.75, 3.05) is 44.2 Å². The Labute approximate surface area is 167 Å². The number of carbonyl (C=O) groups excluding carboxylic acids is 1. The van der Waals surface area contributed by atoms with E-state index < -0.39 is 0 Å². The molecule has 1 saturated heterocycles. The van der Waals surface area contributed by atoms with Crippen LogP contribution in [0.4, 0.5) is 10.6 Å². The minimum Gasteiger partial charge on any atom is -0.492 e. The summed E-state index contributed by atoms with van der Waals surface area (Å²) in [5.74, 6) is 1.79. The first-order chi connectivity index (χ1) is 13.4. The highest BCUT2D eigenvalue weighted by Gasteiger charge is 2.21. The predicted molar refractivity (Wildman–Crippen MR) is 112 cm³/mol. The van der Waals surface area contributed by atoms with E-state index >= 15 is 0 Å². The van der Waals surface area contributed by atoms with Gasteiger partial charge in [-0.05, 0) is 35.2 Å². The van der Waals surface area contributed by atoms with E-state index in [2.05, 4.69) is 48.1 Å². The van der Waals surface area contributed by atoms with Crippen LogP contribution in [0.5, 0.6) is 5.75 Å². The molecule has 1 aliphatic rings.